The highest BCUT2D eigenvalue weighted by Crippen LogP contribution is 2.40. The van der Waals surface area contributed by atoms with Crippen molar-refractivity contribution in [3.05, 3.63) is 118 Å². The Morgan fingerprint density at radius 2 is 1.29 bits per heavy atom. The van der Waals surface area contributed by atoms with Gasteiger partial charge in [-0.1, -0.05) is 45.0 Å². The van der Waals surface area contributed by atoms with E-state index in [2.05, 4.69) is 10.3 Å². The van der Waals surface area contributed by atoms with Gasteiger partial charge in [-0.2, -0.15) is 4.31 Å². The summed E-state index contributed by atoms with van der Waals surface area (Å²) in [5.74, 6) is -0.949. The molecule has 0 bridgehead atoms. The van der Waals surface area contributed by atoms with Crippen molar-refractivity contribution in [1.82, 2.24) is 14.2 Å². The van der Waals surface area contributed by atoms with Crippen LogP contribution in [0.2, 0.25) is 0 Å². The van der Waals surface area contributed by atoms with Gasteiger partial charge in [0.05, 0.1) is 69.0 Å². The lowest BCUT2D eigenvalue weighted by Crippen LogP contribution is -2.52. The molecular weight excluding hydrogens is 1080 g/mol. The third kappa shape index (κ3) is 17.0. The fraction of sp³-hybridized carbons (Fsp3) is 0.483. The number of amides is 3. The standard InChI is InChI=1S/C60H77N5O16S/c1-58(2,3)47-35-52(51(66)36-49(47)62-55(69)46-37-61-48-13-11-10-12-44(48)54(46)68)79-33-31-77-29-27-75-25-24-74-26-28-76-30-32-78-42-16-14-40(15-17-42)41-20-22-64(23-21-41)82(72,73)43-18-19-45-50(34-43)65(57(71)81-60(7,8)9)39-63(56(45)70)38-53(67)80-59(4,5)6/h10-19,34-37,41,66H,20-33,38-39H2,1-9H3,(H,61,68)(H,62,69). The van der Waals surface area contributed by atoms with Gasteiger partial charge >= 0.3 is 12.1 Å². The van der Waals surface area contributed by atoms with Crippen molar-refractivity contribution >= 4 is 56.2 Å². The van der Waals surface area contributed by atoms with Crippen LogP contribution in [-0.4, -0.2) is 155 Å². The second-order valence-corrected chi connectivity index (χ2v) is 24.8. The summed E-state index contributed by atoms with van der Waals surface area (Å²) in [7, 11) is -4.03. The number of aromatic hydroxyl groups is 1. The van der Waals surface area contributed by atoms with Crippen LogP contribution in [0.3, 0.4) is 0 Å². The van der Waals surface area contributed by atoms with Gasteiger partial charge in [-0.15, -0.1) is 0 Å². The minimum absolute atomic E-state index is 0.0472. The van der Waals surface area contributed by atoms with Gasteiger partial charge in [0.1, 0.15) is 48.9 Å². The average molecular weight is 1160 g/mol. The van der Waals surface area contributed by atoms with Crippen LogP contribution in [0.5, 0.6) is 17.2 Å². The first-order valence-corrected chi connectivity index (χ1v) is 28.8. The third-order valence-corrected chi connectivity index (χ3v) is 15.1. The number of hydrogen-bond acceptors (Lipinski definition) is 16. The number of anilines is 2. The zero-order valence-corrected chi connectivity index (χ0v) is 49.1. The Morgan fingerprint density at radius 1 is 0.707 bits per heavy atom. The quantitative estimate of drug-likeness (QED) is 0.0388. The van der Waals surface area contributed by atoms with E-state index in [9.17, 15) is 37.5 Å². The number of carbonyl (C=O) groups excluding carboxylic acids is 4. The Balaban J connectivity index is 0.746. The minimum atomic E-state index is -4.03. The molecule has 1 aromatic heterocycles. The lowest BCUT2D eigenvalue weighted by atomic mass is 9.85. The smallest absolute Gasteiger partial charge is 0.416 e. The van der Waals surface area contributed by atoms with Crippen LogP contribution in [0.4, 0.5) is 16.2 Å². The van der Waals surface area contributed by atoms with Crippen LogP contribution in [0.15, 0.2) is 94.7 Å². The number of carbonyl (C=O) groups is 4. The summed E-state index contributed by atoms with van der Waals surface area (Å²) in [5, 5.41) is 14.0. The zero-order valence-electron chi connectivity index (χ0n) is 48.3. The number of benzene rings is 4. The Morgan fingerprint density at radius 3 is 1.89 bits per heavy atom. The van der Waals surface area contributed by atoms with Gasteiger partial charge in [0.25, 0.3) is 11.8 Å². The van der Waals surface area contributed by atoms with Crippen molar-refractivity contribution in [1.29, 1.82) is 0 Å². The summed E-state index contributed by atoms with van der Waals surface area (Å²) in [6, 6.07) is 21.9. The third-order valence-electron chi connectivity index (χ3n) is 13.2. The van der Waals surface area contributed by atoms with E-state index in [4.69, 9.17) is 37.9 Å². The number of fused-ring (bicyclic) bond motifs is 2. The molecule has 0 unspecified atom stereocenters. The maximum atomic E-state index is 14.1. The molecule has 0 aliphatic carbocycles. The van der Waals surface area contributed by atoms with Crippen molar-refractivity contribution in [3.8, 4) is 17.2 Å². The van der Waals surface area contributed by atoms with E-state index < -0.39 is 62.5 Å². The van der Waals surface area contributed by atoms with Crippen LogP contribution in [0.25, 0.3) is 10.9 Å². The fourth-order valence-electron chi connectivity index (χ4n) is 9.22. The van der Waals surface area contributed by atoms with E-state index in [-0.39, 0.29) is 72.1 Å². The maximum Gasteiger partial charge on any atom is 0.416 e. The highest BCUT2D eigenvalue weighted by molar-refractivity contribution is 7.89. The van der Waals surface area contributed by atoms with E-state index in [1.54, 1.807) is 71.9 Å². The number of aromatic nitrogens is 1. The van der Waals surface area contributed by atoms with Gasteiger partial charge in [-0.25, -0.2) is 13.2 Å². The second kappa shape index (κ2) is 27.3. The predicted octanol–water partition coefficient (Wildman–Crippen LogP) is 8.37. The summed E-state index contributed by atoms with van der Waals surface area (Å²) in [5.41, 5.74) is 0.299. The van der Waals surface area contributed by atoms with Gasteiger partial charge in [-0.05, 0) is 125 Å². The van der Waals surface area contributed by atoms with Gasteiger partial charge in [0.15, 0.2) is 11.5 Å². The molecule has 0 atom stereocenters. The fourth-order valence-corrected chi connectivity index (χ4v) is 10.7. The lowest BCUT2D eigenvalue weighted by molar-refractivity contribution is -0.155. The Kier molecular flexibility index (Phi) is 20.8. The van der Waals surface area contributed by atoms with Crippen LogP contribution < -0.4 is 25.1 Å². The van der Waals surface area contributed by atoms with Crippen LogP contribution in [0, 0.1) is 0 Å². The van der Waals surface area contributed by atoms with E-state index in [1.165, 1.54) is 44.6 Å². The normalized spacial score (nSPS) is 14.6. The van der Waals surface area contributed by atoms with Gasteiger partial charge in [-0.3, -0.25) is 24.1 Å². The second-order valence-electron chi connectivity index (χ2n) is 22.9. The van der Waals surface area contributed by atoms with Gasteiger partial charge in [0, 0.05) is 41.9 Å². The number of ether oxygens (including phenoxy) is 8. The number of phenols is 1. The highest BCUT2D eigenvalue weighted by atomic mass is 32.2. The van der Waals surface area contributed by atoms with E-state index >= 15 is 0 Å². The first kappa shape index (κ1) is 62.5. The molecule has 82 heavy (non-hydrogen) atoms. The molecule has 3 amide bonds. The SMILES string of the molecule is CC(C)(C)OC(=O)CN1CN(C(=O)OC(C)(C)C)c2cc(S(=O)(=O)N3CCC(c4ccc(OCCOCCOCCOCCOCCOc5cc(C(C)(C)C)c(NC(=O)c6c[nH]c7ccccc7c6=O)cc5O)cc4)CC3)ccc2C1=O. The summed E-state index contributed by atoms with van der Waals surface area (Å²) in [6.45, 7) is 19.1. The van der Waals surface area contributed by atoms with Gasteiger partial charge in [0.2, 0.25) is 15.5 Å². The number of phenolic OH excluding ortho intramolecular Hbond substituents is 1. The first-order chi connectivity index (χ1) is 38.8. The molecule has 7 rings (SSSR count). The number of pyridine rings is 1. The number of rotatable bonds is 24. The molecule has 1 saturated heterocycles. The Labute approximate surface area is 479 Å². The molecule has 0 radical (unpaired) electrons. The Bertz CT molecular complexity index is 3210. The molecule has 22 heteroatoms. The monoisotopic (exact) mass is 1160 g/mol. The van der Waals surface area contributed by atoms with E-state index in [1.807, 2.05) is 45.0 Å². The van der Waals surface area contributed by atoms with Crippen molar-refractivity contribution in [2.45, 2.75) is 103 Å². The van der Waals surface area contributed by atoms with Crippen LogP contribution in [0.1, 0.15) is 113 Å². The average Bonchev–Trinajstić information content (AvgIpc) is 3.48. The summed E-state index contributed by atoms with van der Waals surface area (Å²) in [6.07, 6.45) is 1.75. The number of nitrogens with zero attached hydrogens (tertiary/aromatic N) is 3. The molecule has 3 N–H and O–H groups in total. The molecule has 444 valence electrons. The number of para-hydroxylation sites is 1. The molecule has 1 fully saturated rings. The molecule has 21 nitrogen and oxygen atoms in total. The van der Waals surface area contributed by atoms with Crippen molar-refractivity contribution in [2.75, 3.05) is 103 Å². The topological polar surface area (TPSA) is 251 Å². The van der Waals surface area contributed by atoms with E-state index in [0.29, 0.717) is 93.6 Å². The van der Waals surface area contributed by atoms with Gasteiger partial charge < -0.3 is 58.2 Å². The number of hydrogen-bond donors (Lipinski definition) is 3. The summed E-state index contributed by atoms with van der Waals surface area (Å²) >= 11 is 0. The number of sulfonamides is 1. The molecule has 0 spiro atoms. The minimum Gasteiger partial charge on any atom is -0.504 e. The maximum absolute atomic E-state index is 14.1. The molecule has 5 aromatic rings. The number of piperidine rings is 1. The first-order valence-electron chi connectivity index (χ1n) is 27.4. The number of nitrogens with one attached hydrogen (secondary N) is 2. The van der Waals surface area contributed by atoms with Crippen molar-refractivity contribution in [2.24, 2.45) is 0 Å². The summed E-state index contributed by atoms with van der Waals surface area (Å²) < 4.78 is 74.8. The Hall–Kier alpha value is -7.08. The highest BCUT2D eigenvalue weighted by Gasteiger charge is 2.39. The summed E-state index contributed by atoms with van der Waals surface area (Å²) in [4.78, 5) is 71.4. The van der Waals surface area contributed by atoms with E-state index in [0.717, 1.165) is 5.56 Å². The largest absolute Gasteiger partial charge is 0.504 e. The molecule has 3 heterocycles. The predicted molar refractivity (Wildman–Crippen MR) is 308 cm³/mol. The molecule has 2 aliphatic rings. The zero-order chi connectivity index (χ0) is 59.4. The van der Waals surface area contributed by atoms with Crippen LogP contribution >= 0.6 is 0 Å². The lowest BCUT2D eigenvalue weighted by Gasteiger charge is -2.37. The molecule has 0 saturated carbocycles. The molecular formula is C60H77N5O16S. The molecule has 4 aromatic carbocycles. The number of aromatic amines is 1. The van der Waals surface area contributed by atoms with Crippen LogP contribution in [-0.2, 0) is 48.7 Å². The van der Waals surface area contributed by atoms with Crippen molar-refractivity contribution in [3.63, 3.8) is 0 Å². The molecule has 2 aliphatic heterocycles. The number of H-pyrrole nitrogens is 1. The number of esters is 1. The van der Waals surface area contributed by atoms with Crippen molar-refractivity contribution < 1.29 is 70.6 Å².